The van der Waals surface area contributed by atoms with E-state index in [2.05, 4.69) is 43.7 Å². The molecule has 0 fully saturated rings. The molecule has 1 aromatic heterocycles. The Morgan fingerprint density at radius 3 is 2.35 bits per heavy atom. The van der Waals surface area contributed by atoms with E-state index in [-0.39, 0.29) is 0 Å². The summed E-state index contributed by atoms with van der Waals surface area (Å²) in [5.74, 6) is 0. The van der Waals surface area contributed by atoms with Crippen molar-refractivity contribution < 1.29 is 0 Å². The minimum Gasteiger partial charge on any atom is -0.241 e. The second kappa shape index (κ2) is 5.44. The van der Waals surface area contributed by atoms with Gasteiger partial charge in [0.2, 0.25) is 0 Å². The van der Waals surface area contributed by atoms with Gasteiger partial charge in [-0.05, 0) is 32.1 Å². The molecule has 0 spiro atoms. The van der Waals surface area contributed by atoms with Crippen molar-refractivity contribution in [3.8, 4) is 0 Å². The van der Waals surface area contributed by atoms with Crippen molar-refractivity contribution in [1.82, 2.24) is 9.97 Å². The normalized spacial score (nSPS) is 17.2. The van der Waals surface area contributed by atoms with Gasteiger partial charge in [-0.2, -0.15) is 0 Å². The molecular weight excluding hydrogens is 208 g/mol. The molecule has 2 heteroatoms. The fourth-order valence-electron chi connectivity index (χ4n) is 2.43. The number of aryl methyl sites for hydroxylation is 1. The molecule has 2 rings (SSSR count). The topological polar surface area (TPSA) is 25.8 Å². The Labute approximate surface area is 105 Å². The van der Waals surface area contributed by atoms with Crippen LogP contribution in [0.5, 0.6) is 0 Å². The highest BCUT2D eigenvalue weighted by atomic mass is 14.8. The lowest BCUT2D eigenvalue weighted by molar-refractivity contribution is 0.359. The summed E-state index contributed by atoms with van der Waals surface area (Å²) in [6.07, 6.45) is 6.11. The maximum absolute atomic E-state index is 4.41. The summed E-state index contributed by atoms with van der Waals surface area (Å²) in [5.41, 5.74) is 5.27. The summed E-state index contributed by atoms with van der Waals surface area (Å²) >= 11 is 0. The van der Waals surface area contributed by atoms with Gasteiger partial charge in [-0.15, -0.1) is 0 Å². The SMILES string of the molecule is CC.CC1=Cc2c(C)ncnc2CC(C)(C)C1. The molecule has 0 bridgehead atoms. The molecule has 1 aliphatic carbocycles. The number of nitrogens with zero attached hydrogens (tertiary/aromatic N) is 2. The van der Waals surface area contributed by atoms with Crippen molar-refractivity contribution in [3.63, 3.8) is 0 Å². The number of hydrogen-bond donors (Lipinski definition) is 0. The first-order valence-electron chi connectivity index (χ1n) is 6.46. The molecule has 2 nitrogen and oxygen atoms in total. The molecule has 0 atom stereocenters. The van der Waals surface area contributed by atoms with Crippen LogP contribution in [-0.2, 0) is 6.42 Å². The first-order valence-corrected chi connectivity index (χ1v) is 6.46. The highest BCUT2D eigenvalue weighted by Crippen LogP contribution is 2.34. The van der Waals surface area contributed by atoms with Gasteiger partial charge in [-0.25, -0.2) is 9.97 Å². The van der Waals surface area contributed by atoms with Gasteiger partial charge in [-0.1, -0.05) is 39.3 Å². The van der Waals surface area contributed by atoms with Crippen molar-refractivity contribution in [2.45, 2.75) is 54.4 Å². The van der Waals surface area contributed by atoms with E-state index < -0.39 is 0 Å². The van der Waals surface area contributed by atoms with Crippen LogP contribution in [0.15, 0.2) is 11.9 Å². The van der Waals surface area contributed by atoms with Crippen LogP contribution in [0.4, 0.5) is 0 Å². The predicted molar refractivity (Wildman–Crippen MR) is 73.9 cm³/mol. The smallest absolute Gasteiger partial charge is 0.115 e. The molecule has 0 saturated carbocycles. The largest absolute Gasteiger partial charge is 0.241 e. The minimum atomic E-state index is 0.312. The fourth-order valence-corrected chi connectivity index (χ4v) is 2.43. The van der Waals surface area contributed by atoms with Crippen LogP contribution in [0.3, 0.4) is 0 Å². The second-order valence-corrected chi connectivity index (χ2v) is 5.33. The molecule has 0 saturated heterocycles. The average molecular weight is 232 g/mol. The Morgan fingerprint density at radius 1 is 1.06 bits per heavy atom. The van der Waals surface area contributed by atoms with Crippen molar-refractivity contribution in [2.24, 2.45) is 5.41 Å². The maximum Gasteiger partial charge on any atom is 0.115 e. The number of fused-ring (bicyclic) bond motifs is 1. The predicted octanol–water partition coefficient (Wildman–Crippen LogP) is 4.19. The first kappa shape index (κ1) is 13.9. The standard InChI is InChI=1S/C13H18N2.C2H6/c1-9-5-11-10(2)14-8-15-12(11)7-13(3,4)6-9;1-2/h5,8H,6-7H2,1-4H3;1-2H3. The zero-order chi connectivity index (χ0) is 13.1. The Morgan fingerprint density at radius 2 is 1.71 bits per heavy atom. The Hall–Kier alpha value is -1.18. The van der Waals surface area contributed by atoms with E-state index in [1.165, 1.54) is 16.8 Å². The van der Waals surface area contributed by atoms with Gasteiger partial charge in [0.05, 0.1) is 5.69 Å². The monoisotopic (exact) mass is 232 g/mol. The lowest BCUT2D eigenvalue weighted by Gasteiger charge is -2.22. The third-order valence-electron chi connectivity index (χ3n) is 2.96. The van der Waals surface area contributed by atoms with Gasteiger partial charge in [0.1, 0.15) is 6.33 Å². The lowest BCUT2D eigenvalue weighted by atomic mass is 9.83. The van der Waals surface area contributed by atoms with Crippen LogP contribution < -0.4 is 0 Å². The summed E-state index contributed by atoms with van der Waals surface area (Å²) in [4.78, 5) is 8.68. The molecule has 1 heterocycles. The molecule has 0 aromatic carbocycles. The van der Waals surface area contributed by atoms with E-state index >= 15 is 0 Å². The highest BCUT2D eigenvalue weighted by molar-refractivity contribution is 5.58. The van der Waals surface area contributed by atoms with Gasteiger partial charge >= 0.3 is 0 Å². The van der Waals surface area contributed by atoms with Gasteiger partial charge in [0.25, 0.3) is 0 Å². The lowest BCUT2D eigenvalue weighted by Crippen LogP contribution is -2.15. The molecule has 0 unspecified atom stereocenters. The third-order valence-corrected chi connectivity index (χ3v) is 2.96. The van der Waals surface area contributed by atoms with Crippen LogP contribution in [0, 0.1) is 12.3 Å². The summed E-state index contributed by atoms with van der Waals surface area (Å²) < 4.78 is 0. The molecule has 0 N–H and O–H groups in total. The first-order chi connectivity index (χ1) is 7.98. The number of rotatable bonds is 0. The summed E-state index contributed by atoms with van der Waals surface area (Å²) in [6, 6.07) is 0. The number of aromatic nitrogens is 2. The van der Waals surface area contributed by atoms with E-state index in [1.54, 1.807) is 6.33 Å². The molecule has 0 amide bonds. The van der Waals surface area contributed by atoms with Crippen molar-refractivity contribution >= 4 is 6.08 Å². The van der Waals surface area contributed by atoms with Crippen molar-refractivity contribution in [3.05, 3.63) is 28.9 Å². The minimum absolute atomic E-state index is 0.312. The molecule has 17 heavy (non-hydrogen) atoms. The molecule has 1 aliphatic rings. The van der Waals surface area contributed by atoms with Gasteiger partial charge < -0.3 is 0 Å². The quantitative estimate of drug-likeness (QED) is 0.670. The molecule has 1 aromatic rings. The molecule has 94 valence electrons. The molecule has 0 aliphatic heterocycles. The summed E-state index contributed by atoms with van der Waals surface area (Å²) in [6.45, 7) is 12.9. The van der Waals surface area contributed by atoms with E-state index in [9.17, 15) is 0 Å². The Kier molecular flexibility index (Phi) is 4.44. The van der Waals surface area contributed by atoms with Crippen LogP contribution in [0.25, 0.3) is 6.08 Å². The summed E-state index contributed by atoms with van der Waals surface area (Å²) in [5, 5.41) is 0. The van der Waals surface area contributed by atoms with E-state index in [1.807, 2.05) is 13.8 Å². The fraction of sp³-hybridized carbons (Fsp3) is 0.600. The molecule has 0 radical (unpaired) electrons. The number of allylic oxidation sites excluding steroid dienone is 1. The maximum atomic E-state index is 4.41. The highest BCUT2D eigenvalue weighted by Gasteiger charge is 2.24. The van der Waals surface area contributed by atoms with E-state index in [4.69, 9.17) is 0 Å². The van der Waals surface area contributed by atoms with Gasteiger partial charge in [0, 0.05) is 11.3 Å². The average Bonchev–Trinajstić information content (AvgIpc) is 2.36. The zero-order valence-corrected chi connectivity index (χ0v) is 12.0. The van der Waals surface area contributed by atoms with Crippen LogP contribution in [0.1, 0.15) is 58.0 Å². The van der Waals surface area contributed by atoms with E-state index in [0.29, 0.717) is 5.41 Å². The second-order valence-electron chi connectivity index (χ2n) is 5.33. The van der Waals surface area contributed by atoms with Crippen molar-refractivity contribution in [1.29, 1.82) is 0 Å². The summed E-state index contributed by atoms with van der Waals surface area (Å²) in [7, 11) is 0. The zero-order valence-electron chi connectivity index (χ0n) is 12.0. The van der Waals surface area contributed by atoms with Crippen LogP contribution in [0.2, 0.25) is 0 Å². The Balaban J connectivity index is 0.000000686. The van der Waals surface area contributed by atoms with E-state index in [0.717, 1.165) is 18.5 Å². The van der Waals surface area contributed by atoms with Crippen LogP contribution in [-0.4, -0.2) is 9.97 Å². The third kappa shape index (κ3) is 3.39. The molecular formula is C15H24N2. The number of hydrogen-bond acceptors (Lipinski definition) is 2. The Bertz CT molecular complexity index is 417. The van der Waals surface area contributed by atoms with Gasteiger partial charge in [0.15, 0.2) is 0 Å². The van der Waals surface area contributed by atoms with Crippen LogP contribution >= 0.6 is 0 Å². The van der Waals surface area contributed by atoms with Gasteiger partial charge in [-0.3, -0.25) is 0 Å². The van der Waals surface area contributed by atoms with Crippen molar-refractivity contribution in [2.75, 3.05) is 0 Å².